The quantitative estimate of drug-likeness (QED) is 0.486. The van der Waals surface area contributed by atoms with Gasteiger partial charge in [-0.05, 0) is 0 Å². The van der Waals surface area contributed by atoms with Gasteiger partial charge in [0.2, 0.25) is 0 Å². The minimum Gasteiger partial charge on any atom is -0.133 e. The highest BCUT2D eigenvalue weighted by molar-refractivity contribution is 7.32. The Balaban J connectivity index is 3.03. The summed E-state index contributed by atoms with van der Waals surface area (Å²) in [5, 5.41) is 0. The van der Waals surface area contributed by atoms with E-state index < -0.39 is 16.5 Å². The molecule has 0 aliphatic rings. The molecule has 2 atom stereocenters. The maximum absolute atomic E-state index is 9.87. The molecule has 0 bridgehead atoms. The largest absolute Gasteiger partial charge is 0.694 e. The molecule has 0 aliphatic heterocycles. The van der Waals surface area contributed by atoms with Gasteiger partial charge in [-0.15, -0.1) is 18.8 Å². The summed E-state index contributed by atoms with van der Waals surface area (Å²) in [5.74, 6) is 0. The minimum atomic E-state index is -2.57. The Labute approximate surface area is 65.0 Å². The third-order valence-corrected chi connectivity index (χ3v) is 1.50. The van der Waals surface area contributed by atoms with E-state index in [9.17, 15) is 9.13 Å². The van der Waals surface area contributed by atoms with E-state index >= 15 is 0 Å². The third kappa shape index (κ3) is 10.0. The summed E-state index contributed by atoms with van der Waals surface area (Å²) in [6.07, 6.45) is 0.309. The molecule has 0 aromatic heterocycles. The van der Waals surface area contributed by atoms with E-state index in [0.29, 0.717) is 6.42 Å². The SMILES string of the molecule is O=[P+](O)OCCCO[P+](=O)O. The summed E-state index contributed by atoms with van der Waals surface area (Å²) in [6.45, 7) is 0.0732. The Morgan fingerprint density at radius 1 is 1.00 bits per heavy atom. The van der Waals surface area contributed by atoms with Crippen molar-refractivity contribution in [1.29, 1.82) is 0 Å². The lowest BCUT2D eigenvalue weighted by Gasteiger charge is -1.85. The van der Waals surface area contributed by atoms with Crippen LogP contribution < -0.4 is 0 Å². The van der Waals surface area contributed by atoms with E-state index in [-0.39, 0.29) is 13.2 Å². The van der Waals surface area contributed by atoms with Gasteiger partial charge in [-0.2, -0.15) is 0 Å². The van der Waals surface area contributed by atoms with Crippen LogP contribution in [-0.4, -0.2) is 23.0 Å². The molecule has 64 valence electrons. The second kappa shape index (κ2) is 6.73. The van der Waals surface area contributed by atoms with E-state index in [0.717, 1.165) is 0 Å². The van der Waals surface area contributed by atoms with E-state index in [2.05, 4.69) is 9.05 Å². The standard InChI is InChI=1S/C3H6O6P2/c4-10(5)8-2-1-3-9-11(6)7/h1-3H2/p+2. The lowest BCUT2D eigenvalue weighted by atomic mass is 10.5. The van der Waals surface area contributed by atoms with Crippen LogP contribution in [0.5, 0.6) is 0 Å². The zero-order valence-corrected chi connectivity index (χ0v) is 7.33. The van der Waals surface area contributed by atoms with Gasteiger partial charge in [0.1, 0.15) is 13.2 Å². The Hall–Kier alpha value is 0.0400. The normalized spacial score (nSPS) is 12.9. The molecular formula is C3H8O6P2+2. The highest BCUT2D eigenvalue weighted by Gasteiger charge is 2.14. The van der Waals surface area contributed by atoms with Crippen LogP contribution in [0.4, 0.5) is 0 Å². The minimum absolute atomic E-state index is 0.0366. The topological polar surface area (TPSA) is 93.1 Å². The average molecular weight is 202 g/mol. The molecule has 8 heteroatoms. The second-order valence-electron chi connectivity index (χ2n) is 1.50. The Morgan fingerprint density at radius 3 is 1.64 bits per heavy atom. The fourth-order valence-corrected chi connectivity index (χ4v) is 0.915. The molecule has 0 radical (unpaired) electrons. The first-order valence-electron chi connectivity index (χ1n) is 2.71. The zero-order chi connectivity index (χ0) is 8.69. The van der Waals surface area contributed by atoms with Crippen molar-refractivity contribution < 1.29 is 28.0 Å². The van der Waals surface area contributed by atoms with Crippen molar-refractivity contribution in [3.8, 4) is 0 Å². The summed E-state index contributed by atoms with van der Waals surface area (Å²) in [5.41, 5.74) is 0. The number of hydrogen-bond donors (Lipinski definition) is 2. The average Bonchev–Trinajstić information content (AvgIpc) is 1.85. The van der Waals surface area contributed by atoms with Crippen molar-refractivity contribution >= 4 is 16.5 Å². The van der Waals surface area contributed by atoms with Gasteiger partial charge in [0.05, 0.1) is 0 Å². The fourth-order valence-electron chi connectivity index (χ4n) is 0.344. The molecule has 0 saturated carbocycles. The molecule has 0 aromatic carbocycles. The fraction of sp³-hybridized carbons (Fsp3) is 1.00. The molecule has 0 amide bonds. The molecule has 0 spiro atoms. The first-order valence-corrected chi connectivity index (χ1v) is 4.97. The van der Waals surface area contributed by atoms with Crippen molar-refractivity contribution in [1.82, 2.24) is 0 Å². The van der Waals surface area contributed by atoms with Crippen molar-refractivity contribution in [2.45, 2.75) is 6.42 Å². The van der Waals surface area contributed by atoms with E-state index in [1.54, 1.807) is 0 Å². The third-order valence-electron chi connectivity index (χ3n) is 0.692. The zero-order valence-electron chi connectivity index (χ0n) is 5.54. The Morgan fingerprint density at radius 2 is 1.36 bits per heavy atom. The predicted molar refractivity (Wildman–Crippen MR) is 36.2 cm³/mol. The summed E-state index contributed by atoms with van der Waals surface area (Å²) >= 11 is 0. The Bertz CT molecular complexity index is 131. The predicted octanol–water partition coefficient (Wildman–Crippen LogP) is 0.709. The van der Waals surface area contributed by atoms with Crippen molar-refractivity contribution in [2.24, 2.45) is 0 Å². The van der Waals surface area contributed by atoms with Crippen molar-refractivity contribution in [3.05, 3.63) is 0 Å². The first-order chi connectivity index (χ1) is 5.13. The highest BCUT2D eigenvalue weighted by Crippen LogP contribution is 2.16. The van der Waals surface area contributed by atoms with Crippen LogP contribution in [0.15, 0.2) is 0 Å². The van der Waals surface area contributed by atoms with Gasteiger partial charge in [0, 0.05) is 15.6 Å². The smallest absolute Gasteiger partial charge is 0.133 e. The lowest BCUT2D eigenvalue weighted by Crippen LogP contribution is -1.92. The van der Waals surface area contributed by atoms with Gasteiger partial charge in [-0.3, -0.25) is 0 Å². The lowest BCUT2D eigenvalue weighted by molar-refractivity contribution is 0.227. The van der Waals surface area contributed by atoms with Crippen LogP contribution in [-0.2, 0) is 18.2 Å². The monoisotopic (exact) mass is 202 g/mol. The highest BCUT2D eigenvalue weighted by atomic mass is 31.1. The second-order valence-corrected chi connectivity index (χ2v) is 2.96. The number of hydrogen-bond acceptors (Lipinski definition) is 4. The van der Waals surface area contributed by atoms with Gasteiger partial charge in [-0.1, -0.05) is 0 Å². The maximum atomic E-state index is 9.87. The van der Waals surface area contributed by atoms with E-state index in [4.69, 9.17) is 9.79 Å². The molecule has 0 saturated heterocycles. The molecule has 0 aliphatic carbocycles. The van der Waals surface area contributed by atoms with E-state index in [1.165, 1.54) is 0 Å². The summed E-state index contributed by atoms with van der Waals surface area (Å²) in [6, 6.07) is 0. The maximum Gasteiger partial charge on any atom is 0.694 e. The molecule has 11 heavy (non-hydrogen) atoms. The van der Waals surface area contributed by atoms with Gasteiger partial charge in [0.15, 0.2) is 0 Å². The molecule has 0 rings (SSSR count). The van der Waals surface area contributed by atoms with Gasteiger partial charge in [0.25, 0.3) is 0 Å². The van der Waals surface area contributed by atoms with Gasteiger partial charge >= 0.3 is 16.5 Å². The van der Waals surface area contributed by atoms with Crippen molar-refractivity contribution in [3.63, 3.8) is 0 Å². The van der Waals surface area contributed by atoms with Crippen LogP contribution in [0.25, 0.3) is 0 Å². The van der Waals surface area contributed by atoms with Crippen LogP contribution in [0.3, 0.4) is 0 Å². The first kappa shape index (κ1) is 11.0. The molecule has 0 heterocycles. The summed E-state index contributed by atoms with van der Waals surface area (Å²) in [7, 11) is -5.15. The molecular weight excluding hydrogens is 194 g/mol. The van der Waals surface area contributed by atoms with Crippen LogP contribution in [0, 0.1) is 0 Å². The van der Waals surface area contributed by atoms with Crippen LogP contribution in [0.1, 0.15) is 6.42 Å². The Kier molecular flexibility index (Phi) is 6.76. The van der Waals surface area contributed by atoms with Crippen LogP contribution in [0.2, 0.25) is 0 Å². The van der Waals surface area contributed by atoms with E-state index in [1.807, 2.05) is 0 Å². The van der Waals surface area contributed by atoms with Gasteiger partial charge < -0.3 is 0 Å². The van der Waals surface area contributed by atoms with Crippen LogP contribution >= 0.6 is 16.5 Å². The number of rotatable bonds is 6. The summed E-state index contributed by atoms with van der Waals surface area (Å²) in [4.78, 5) is 16.2. The molecule has 0 fully saturated rings. The summed E-state index contributed by atoms with van der Waals surface area (Å²) < 4.78 is 28.2. The molecule has 2 N–H and O–H groups in total. The molecule has 0 aromatic rings. The molecule has 2 unspecified atom stereocenters. The molecule has 6 nitrogen and oxygen atoms in total. The van der Waals surface area contributed by atoms with Crippen molar-refractivity contribution in [2.75, 3.05) is 13.2 Å². The van der Waals surface area contributed by atoms with Gasteiger partial charge in [-0.25, -0.2) is 0 Å².